The van der Waals surface area contributed by atoms with Gasteiger partial charge in [-0.2, -0.15) is 0 Å². The minimum absolute atomic E-state index is 0.247. The van der Waals surface area contributed by atoms with Crippen LogP contribution in [0.1, 0.15) is 0 Å². The Kier molecular flexibility index (Phi) is 8.11. The number of anilines is 1. The standard InChI is InChI=1S/C18H26N8O8/c1-19-18(32)33-5-10(29)26(2)3-9(28)24-11-8(4-27)34-17(14(31)13(11)30)25-16-12-15(21-6-20-12)22-7-23-16/h6-8,11,13-14,17,27,30-31H,3-5H2,1-2H3,(H,19,32)(H,24,28)(H2,20,21,22,23,25)/t8-,11-,13+,14-,17-/m0/s1. The van der Waals surface area contributed by atoms with Gasteiger partial charge in [0.25, 0.3) is 5.91 Å². The van der Waals surface area contributed by atoms with E-state index in [2.05, 4.69) is 40.6 Å². The lowest BCUT2D eigenvalue weighted by molar-refractivity contribution is -0.185. The minimum atomic E-state index is -1.54. The van der Waals surface area contributed by atoms with Crippen molar-refractivity contribution in [2.45, 2.75) is 30.6 Å². The van der Waals surface area contributed by atoms with Crippen LogP contribution in [0.15, 0.2) is 12.7 Å². The van der Waals surface area contributed by atoms with Gasteiger partial charge in [0.15, 0.2) is 24.3 Å². The van der Waals surface area contributed by atoms with Gasteiger partial charge in [-0.25, -0.2) is 19.7 Å². The summed E-state index contributed by atoms with van der Waals surface area (Å²) in [6, 6.07) is -1.19. The third-order valence-electron chi connectivity index (χ3n) is 5.10. The highest BCUT2D eigenvalue weighted by Crippen LogP contribution is 2.24. The maximum Gasteiger partial charge on any atom is 0.407 e. The van der Waals surface area contributed by atoms with Gasteiger partial charge in [-0.1, -0.05) is 0 Å². The summed E-state index contributed by atoms with van der Waals surface area (Å²) in [4.78, 5) is 51.4. The molecule has 16 heteroatoms. The number of imidazole rings is 1. The van der Waals surface area contributed by atoms with Crippen molar-refractivity contribution in [2.24, 2.45) is 0 Å². The molecule has 0 radical (unpaired) electrons. The van der Waals surface area contributed by atoms with Gasteiger partial charge in [0.1, 0.15) is 30.2 Å². The highest BCUT2D eigenvalue weighted by atomic mass is 16.6. The molecule has 7 N–H and O–H groups in total. The maximum atomic E-state index is 12.4. The highest BCUT2D eigenvalue weighted by Gasteiger charge is 2.45. The molecule has 16 nitrogen and oxygen atoms in total. The predicted molar refractivity (Wildman–Crippen MR) is 113 cm³/mol. The van der Waals surface area contributed by atoms with E-state index in [0.717, 1.165) is 4.90 Å². The lowest BCUT2D eigenvalue weighted by Crippen LogP contribution is -2.66. The van der Waals surface area contributed by atoms with Crippen molar-refractivity contribution in [3.8, 4) is 0 Å². The van der Waals surface area contributed by atoms with Gasteiger partial charge in [0.2, 0.25) is 5.91 Å². The van der Waals surface area contributed by atoms with E-state index in [9.17, 15) is 29.7 Å². The van der Waals surface area contributed by atoms with Crippen LogP contribution in [0.5, 0.6) is 0 Å². The minimum Gasteiger partial charge on any atom is -0.439 e. The van der Waals surface area contributed by atoms with Crippen molar-refractivity contribution in [3.63, 3.8) is 0 Å². The third-order valence-corrected chi connectivity index (χ3v) is 5.10. The molecule has 0 bridgehead atoms. The number of nitrogens with zero attached hydrogens (tertiary/aromatic N) is 4. The first-order valence-corrected chi connectivity index (χ1v) is 10.2. The molecule has 2 aromatic heterocycles. The summed E-state index contributed by atoms with van der Waals surface area (Å²) >= 11 is 0. The predicted octanol–water partition coefficient (Wildman–Crippen LogP) is -3.50. The number of aromatic amines is 1. The molecule has 3 rings (SSSR count). The number of hydrogen-bond donors (Lipinski definition) is 7. The smallest absolute Gasteiger partial charge is 0.407 e. The molecule has 1 fully saturated rings. The number of carbonyl (C=O) groups is 3. The molecule has 186 valence electrons. The number of H-pyrrole nitrogens is 1. The second-order valence-electron chi connectivity index (χ2n) is 7.40. The number of ether oxygens (including phenoxy) is 2. The van der Waals surface area contributed by atoms with Crippen molar-refractivity contribution < 1.29 is 39.2 Å². The summed E-state index contributed by atoms with van der Waals surface area (Å²) in [7, 11) is 2.65. The van der Waals surface area contributed by atoms with Crippen LogP contribution in [0.25, 0.3) is 11.2 Å². The zero-order valence-electron chi connectivity index (χ0n) is 18.3. The van der Waals surface area contributed by atoms with Gasteiger partial charge >= 0.3 is 6.09 Å². The summed E-state index contributed by atoms with van der Waals surface area (Å²) in [6.07, 6.45) is -3.49. The number of alkyl carbamates (subject to hydrolysis) is 1. The molecule has 3 amide bonds. The molecule has 0 unspecified atom stereocenters. The van der Waals surface area contributed by atoms with E-state index in [0.29, 0.717) is 11.2 Å². The first kappa shape index (κ1) is 25.0. The van der Waals surface area contributed by atoms with Crippen LogP contribution in [0.3, 0.4) is 0 Å². The zero-order chi connectivity index (χ0) is 24.8. The average Bonchev–Trinajstić information content (AvgIpc) is 3.31. The van der Waals surface area contributed by atoms with Gasteiger partial charge < -0.3 is 50.6 Å². The summed E-state index contributed by atoms with van der Waals surface area (Å²) in [6.45, 7) is -1.60. The van der Waals surface area contributed by atoms with Gasteiger partial charge in [-0.3, -0.25) is 9.59 Å². The normalized spacial score (nSPS) is 24.3. The van der Waals surface area contributed by atoms with E-state index in [1.54, 1.807) is 0 Å². The first-order chi connectivity index (χ1) is 16.2. The van der Waals surface area contributed by atoms with Crippen LogP contribution >= 0.6 is 0 Å². The molecule has 0 spiro atoms. The van der Waals surface area contributed by atoms with Gasteiger partial charge in [-0.15, -0.1) is 0 Å². The summed E-state index contributed by atoms with van der Waals surface area (Å²) < 4.78 is 10.3. The number of aromatic nitrogens is 4. The van der Waals surface area contributed by atoms with Crippen molar-refractivity contribution in [1.82, 2.24) is 35.5 Å². The van der Waals surface area contributed by atoms with Crippen molar-refractivity contribution in [1.29, 1.82) is 0 Å². The van der Waals surface area contributed by atoms with Crippen molar-refractivity contribution in [2.75, 3.05) is 39.2 Å². The fraction of sp³-hybridized carbons (Fsp3) is 0.556. The molecular formula is C18H26N8O8. The monoisotopic (exact) mass is 482 g/mol. The second-order valence-corrected chi connectivity index (χ2v) is 7.40. The zero-order valence-corrected chi connectivity index (χ0v) is 18.3. The second kappa shape index (κ2) is 11.0. The molecule has 0 aromatic carbocycles. The summed E-state index contributed by atoms with van der Waals surface area (Å²) in [5.74, 6) is -1.09. The number of amides is 3. The quantitative estimate of drug-likeness (QED) is 0.195. The molecule has 0 saturated carbocycles. The Labute approximate surface area is 192 Å². The van der Waals surface area contributed by atoms with Crippen LogP contribution in [0, 0.1) is 0 Å². The first-order valence-electron chi connectivity index (χ1n) is 10.2. The molecule has 34 heavy (non-hydrogen) atoms. The van der Waals surface area contributed by atoms with E-state index >= 15 is 0 Å². The van der Waals surface area contributed by atoms with Crippen LogP contribution in [-0.4, -0.2) is 122 Å². The molecule has 0 aliphatic carbocycles. The Morgan fingerprint density at radius 2 is 2.00 bits per heavy atom. The number of aliphatic hydroxyl groups is 3. The van der Waals surface area contributed by atoms with Crippen LogP contribution < -0.4 is 16.0 Å². The number of likely N-dealkylation sites (N-methyl/N-ethyl adjacent to an activating group) is 1. The fourth-order valence-electron chi connectivity index (χ4n) is 3.27. The molecule has 2 aromatic rings. The van der Waals surface area contributed by atoms with Crippen molar-refractivity contribution in [3.05, 3.63) is 12.7 Å². The Bertz CT molecular complexity index is 1020. The van der Waals surface area contributed by atoms with Gasteiger partial charge in [0.05, 0.1) is 25.5 Å². The average molecular weight is 482 g/mol. The number of fused-ring (bicyclic) bond motifs is 1. The van der Waals surface area contributed by atoms with E-state index in [-0.39, 0.29) is 5.82 Å². The van der Waals surface area contributed by atoms with E-state index in [1.165, 1.54) is 26.7 Å². The number of aliphatic hydroxyl groups excluding tert-OH is 3. The lowest BCUT2D eigenvalue weighted by atomic mass is 9.95. The highest BCUT2D eigenvalue weighted by molar-refractivity contribution is 5.86. The SMILES string of the molecule is CNC(=O)OCC(=O)N(C)CC(=O)N[C@@H]1[C@@H](O)[C@H](O)[C@@H](Nc2ncnc3nc[nH]c23)O[C@H]1CO. The van der Waals surface area contributed by atoms with Gasteiger partial charge in [0, 0.05) is 14.1 Å². The Morgan fingerprint density at radius 1 is 1.24 bits per heavy atom. The Balaban J connectivity index is 1.60. The Morgan fingerprint density at radius 3 is 2.71 bits per heavy atom. The van der Waals surface area contributed by atoms with Crippen LogP contribution in [-0.2, 0) is 19.1 Å². The van der Waals surface area contributed by atoms with Crippen molar-refractivity contribution >= 4 is 34.9 Å². The maximum absolute atomic E-state index is 12.4. The van der Waals surface area contributed by atoms with Crippen LogP contribution in [0.4, 0.5) is 10.6 Å². The summed E-state index contributed by atoms with van der Waals surface area (Å²) in [5.41, 5.74) is 0.809. The molecular weight excluding hydrogens is 456 g/mol. The number of rotatable bonds is 8. The molecule has 1 saturated heterocycles. The molecule has 1 aliphatic rings. The van der Waals surface area contributed by atoms with Gasteiger partial charge in [-0.05, 0) is 0 Å². The molecule has 1 aliphatic heterocycles. The topological polar surface area (TPSA) is 224 Å². The largest absolute Gasteiger partial charge is 0.439 e. The van der Waals surface area contributed by atoms with Crippen LogP contribution in [0.2, 0.25) is 0 Å². The van der Waals surface area contributed by atoms with E-state index < -0.39 is 68.2 Å². The molecule has 3 heterocycles. The Hall–Kier alpha value is -3.60. The number of carbonyl (C=O) groups excluding carboxylic acids is 3. The fourth-order valence-corrected chi connectivity index (χ4v) is 3.27. The van der Waals surface area contributed by atoms with E-state index in [4.69, 9.17) is 4.74 Å². The number of hydrogen-bond acceptors (Lipinski definition) is 12. The summed E-state index contributed by atoms with van der Waals surface area (Å²) in [5, 5.41) is 38.4. The van der Waals surface area contributed by atoms with E-state index in [1.807, 2.05) is 0 Å². The molecule has 5 atom stereocenters. The number of nitrogens with one attached hydrogen (secondary N) is 4. The lowest BCUT2D eigenvalue weighted by Gasteiger charge is -2.42. The third kappa shape index (κ3) is 5.66.